The lowest BCUT2D eigenvalue weighted by atomic mass is 10.1. The quantitative estimate of drug-likeness (QED) is 0.464. The minimum atomic E-state index is 0.278. The van der Waals surface area contributed by atoms with Crippen molar-refractivity contribution in [2.45, 2.75) is 33.4 Å². The van der Waals surface area contributed by atoms with Crippen molar-refractivity contribution in [2.75, 3.05) is 20.2 Å². The van der Waals surface area contributed by atoms with Crippen molar-refractivity contribution in [3.8, 4) is 23.1 Å². The topological polar surface area (TPSA) is 104 Å². The van der Waals surface area contributed by atoms with E-state index in [0.29, 0.717) is 34.6 Å². The lowest BCUT2D eigenvalue weighted by Crippen LogP contribution is -2.31. The first-order valence-corrected chi connectivity index (χ1v) is 10.2. The lowest BCUT2D eigenvalue weighted by Gasteiger charge is -2.27. The summed E-state index contributed by atoms with van der Waals surface area (Å²) in [6.07, 6.45) is 0.950. The highest BCUT2D eigenvalue weighted by Crippen LogP contribution is 2.28. The number of hydrogen-bond donors (Lipinski definition) is 0. The second kappa shape index (κ2) is 7.95. The van der Waals surface area contributed by atoms with Crippen molar-refractivity contribution >= 4 is 5.65 Å². The van der Waals surface area contributed by atoms with Gasteiger partial charge in [-0.3, -0.25) is 9.88 Å². The molecule has 5 rings (SSSR count). The van der Waals surface area contributed by atoms with Crippen molar-refractivity contribution in [1.29, 1.82) is 0 Å². The Morgan fingerprint density at radius 1 is 1.19 bits per heavy atom. The number of rotatable bonds is 6. The molecule has 31 heavy (non-hydrogen) atoms. The molecule has 1 aliphatic rings. The van der Waals surface area contributed by atoms with Crippen molar-refractivity contribution in [3.05, 3.63) is 47.0 Å². The van der Waals surface area contributed by atoms with Gasteiger partial charge >= 0.3 is 0 Å². The number of nitrogens with zero attached hydrogens (tertiary/aromatic N) is 7. The van der Waals surface area contributed by atoms with Crippen LogP contribution < -0.4 is 9.47 Å². The summed E-state index contributed by atoms with van der Waals surface area (Å²) in [5.41, 5.74) is 4.34. The molecule has 0 radical (unpaired) electrons. The number of aromatic nitrogens is 6. The van der Waals surface area contributed by atoms with Crippen LogP contribution >= 0.6 is 0 Å². The Bertz CT molecular complexity index is 1230. The Morgan fingerprint density at radius 2 is 2.10 bits per heavy atom. The van der Waals surface area contributed by atoms with Crippen molar-refractivity contribution in [2.24, 2.45) is 0 Å². The van der Waals surface area contributed by atoms with Gasteiger partial charge in [0.15, 0.2) is 17.1 Å². The number of ether oxygens (including phenoxy) is 2. The van der Waals surface area contributed by atoms with Crippen LogP contribution in [0.4, 0.5) is 0 Å². The predicted molar refractivity (Wildman–Crippen MR) is 111 cm³/mol. The lowest BCUT2D eigenvalue weighted by molar-refractivity contribution is 0.257. The second-order valence-corrected chi connectivity index (χ2v) is 7.45. The smallest absolute Gasteiger partial charge is 0.275 e. The predicted octanol–water partition coefficient (Wildman–Crippen LogP) is 2.45. The molecule has 0 aliphatic carbocycles. The molecule has 1 aliphatic heterocycles. The minimum Gasteiger partial charge on any atom is -0.491 e. The van der Waals surface area contributed by atoms with E-state index in [2.05, 4.69) is 38.3 Å². The fourth-order valence-electron chi connectivity index (χ4n) is 3.69. The summed E-state index contributed by atoms with van der Waals surface area (Å²) in [6.45, 7) is 7.31. The molecule has 0 fully saturated rings. The molecule has 0 saturated heterocycles. The molecule has 0 bridgehead atoms. The zero-order valence-corrected chi connectivity index (χ0v) is 17.7. The molecular weight excluding hydrogens is 398 g/mol. The third-order valence-corrected chi connectivity index (χ3v) is 5.39. The fraction of sp³-hybridized carbons (Fsp3) is 0.381. The molecule has 0 atom stereocenters. The second-order valence-electron chi connectivity index (χ2n) is 7.45. The fourth-order valence-corrected chi connectivity index (χ4v) is 3.69. The minimum absolute atomic E-state index is 0.278. The van der Waals surface area contributed by atoms with Crippen molar-refractivity contribution < 1.29 is 14.0 Å². The first-order chi connectivity index (χ1) is 15.1. The van der Waals surface area contributed by atoms with Crippen molar-refractivity contribution in [1.82, 2.24) is 34.9 Å². The van der Waals surface area contributed by atoms with E-state index < -0.39 is 0 Å². The molecule has 160 valence electrons. The molecule has 10 nitrogen and oxygen atoms in total. The van der Waals surface area contributed by atoms with Gasteiger partial charge in [0, 0.05) is 37.3 Å². The van der Waals surface area contributed by atoms with E-state index in [-0.39, 0.29) is 6.61 Å². The summed E-state index contributed by atoms with van der Waals surface area (Å²) < 4.78 is 18.2. The Hall–Kier alpha value is -3.53. The molecule has 0 aromatic carbocycles. The normalized spacial score (nSPS) is 14.0. The van der Waals surface area contributed by atoms with Gasteiger partial charge < -0.3 is 14.0 Å². The van der Waals surface area contributed by atoms with E-state index in [1.807, 2.05) is 13.0 Å². The summed E-state index contributed by atoms with van der Waals surface area (Å²) >= 11 is 0. The van der Waals surface area contributed by atoms with Crippen LogP contribution in [0, 0.1) is 6.92 Å². The van der Waals surface area contributed by atoms with E-state index in [4.69, 9.17) is 19.0 Å². The van der Waals surface area contributed by atoms with E-state index >= 15 is 0 Å². The molecule has 4 aromatic heterocycles. The van der Waals surface area contributed by atoms with E-state index in [0.717, 1.165) is 37.4 Å². The summed E-state index contributed by atoms with van der Waals surface area (Å²) in [5.74, 6) is 1.94. The third-order valence-electron chi connectivity index (χ3n) is 5.39. The van der Waals surface area contributed by atoms with Crippen LogP contribution in [0.5, 0.6) is 11.6 Å². The molecule has 0 saturated carbocycles. The molecular formula is C21H23N7O3. The molecule has 0 spiro atoms. The largest absolute Gasteiger partial charge is 0.491 e. The first-order valence-electron chi connectivity index (χ1n) is 10.2. The Morgan fingerprint density at radius 3 is 2.87 bits per heavy atom. The Labute approximate surface area is 178 Å². The number of methoxy groups -OCH3 is 1. The molecule has 4 aromatic rings. The zero-order valence-electron chi connectivity index (χ0n) is 17.7. The van der Waals surface area contributed by atoms with Gasteiger partial charge in [-0.05, 0) is 25.1 Å². The Balaban J connectivity index is 1.41. The van der Waals surface area contributed by atoms with Gasteiger partial charge in [-0.1, -0.05) is 18.1 Å². The molecule has 0 unspecified atom stereocenters. The van der Waals surface area contributed by atoms with Gasteiger partial charge in [0.2, 0.25) is 5.82 Å². The maximum atomic E-state index is 5.99. The number of hydrogen-bond acceptors (Lipinski definition) is 9. The van der Waals surface area contributed by atoms with E-state index in [9.17, 15) is 0 Å². The highest BCUT2D eigenvalue weighted by Gasteiger charge is 2.19. The van der Waals surface area contributed by atoms with Crippen LogP contribution in [0.15, 0.2) is 28.8 Å². The van der Waals surface area contributed by atoms with E-state index in [1.54, 1.807) is 23.8 Å². The highest BCUT2D eigenvalue weighted by atomic mass is 16.5. The zero-order chi connectivity index (χ0) is 21.4. The van der Waals surface area contributed by atoms with Crippen LogP contribution in [-0.4, -0.2) is 55.1 Å². The number of pyridine rings is 1. The van der Waals surface area contributed by atoms with Gasteiger partial charge in [-0.25, -0.2) is 0 Å². The summed E-state index contributed by atoms with van der Waals surface area (Å²) in [6, 6.07) is 7.65. The van der Waals surface area contributed by atoms with Crippen molar-refractivity contribution in [3.63, 3.8) is 0 Å². The Kier molecular flexibility index (Phi) is 4.99. The summed E-state index contributed by atoms with van der Waals surface area (Å²) in [4.78, 5) is 7.21. The monoisotopic (exact) mass is 421 g/mol. The molecule has 5 heterocycles. The standard InChI is InChI=1S/C21H23N7O3/c1-4-27-8-7-16-14(11-27)5-6-15(22-16)12-30-21-18(29-3)10-19-23-24-20(28(19)25-21)17-9-13(2)31-26-17/h5-6,9-10H,4,7-8,11-12H2,1-3H3. The molecule has 0 N–H and O–H groups in total. The average Bonchev–Trinajstić information content (AvgIpc) is 3.41. The third kappa shape index (κ3) is 3.70. The van der Waals surface area contributed by atoms with Gasteiger partial charge in [-0.15, -0.1) is 15.3 Å². The number of likely N-dealkylation sites (N-methyl/N-ethyl adjacent to an activating group) is 1. The van der Waals surface area contributed by atoms with Crippen LogP contribution in [0.2, 0.25) is 0 Å². The van der Waals surface area contributed by atoms with E-state index in [1.165, 1.54) is 5.56 Å². The van der Waals surface area contributed by atoms with Crippen LogP contribution in [-0.2, 0) is 19.6 Å². The molecule has 0 amide bonds. The van der Waals surface area contributed by atoms with Crippen LogP contribution in [0.25, 0.3) is 17.2 Å². The SMILES string of the molecule is CCN1CCc2nc(COc3nn4c(-c5cc(C)on5)nnc4cc3OC)ccc2C1. The maximum Gasteiger partial charge on any atom is 0.275 e. The summed E-state index contributed by atoms with van der Waals surface area (Å²) in [7, 11) is 1.56. The first kappa shape index (κ1) is 19.4. The maximum absolute atomic E-state index is 5.99. The molecule has 10 heteroatoms. The number of fused-ring (bicyclic) bond motifs is 2. The van der Waals surface area contributed by atoms with Gasteiger partial charge in [0.25, 0.3) is 5.88 Å². The van der Waals surface area contributed by atoms with Gasteiger partial charge in [0.1, 0.15) is 12.4 Å². The summed E-state index contributed by atoms with van der Waals surface area (Å²) in [5, 5.41) is 16.9. The van der Waals surface area contributed by atoms with Gasteiger partial charge in [0.05, 0.1) is 12.8 Å². The van der Waals surface area contributed by atoms with Gasteiger partial charge in [-0.2, -0.15) is 4.52 Å². The average molecular weight is 421 g/mol. The van der Waals surface area contributed by atoms with Crippen LogP contribution in [0.3, 0.4) is 0 Å². The van der Waals surface area contributed by atoms with Crippen LogP contribution in [0.1, 0.15) is 29.6 Å². The number of aryl methyl sites for hydroxylation is 1. The highest BCUT2D eigenvalue weighted by molar-refractivity contribution is 5.56.